The maximum atomic E-state index is 12.1. The third-order valence-electron chi connectivity index (χ3n) is 2.75. The summed E-state index contributed by atoms with van der Waals surface area (Å²) in [6.45, 7) is 6.51. The number of rotatable bonds is 1. The maximum absolute atomic E-state index is 12.1. The molecule has 94 valence electrons. The summed E-state index contributed by atoms with van der Waals surface area (Å²) >= 11 is 1.71. The van der Waals surface area contributed by atoms with E-state index in [1.807, 2.05) is 31.7 Å². The summed E-state index contributed by atoms with van der Waals surface area (Å²) in [6.07, 6.45) is 1.91. The van der Waals surface area contributed by atoms with Crippen molar-refractivity contribution in [3.8, 4) is 0 Å². The molecule has 1 aliphatic rings. The quantitative estimate of drug-likeness (QED) is 0.761. The van der Waals surface area contributed by atoms with Crippen molar-refractivity contribution in [1.29, 1.82) is 0 Å². The first-order chi connectivity index (χ1) is 7.97. The molecule has 0 radical (unpaired) electrons. The van der Waals surface area contributed by atoms with E-state index in [4.69, 9.17) is 4.74 Å². The lowest BCUT2D eigenvalue weighted by molar-refractivity contribution is 0.0227. The van der Waals surface area contributed by atoms with Gasteiger partial charge in [-0.05, 0) is 45.1 Å². The molecular formula is C13H19NO2S. The molecule has 0 spiro atoms. The highest BCUT2D eigenvalue weighted by Crippen LogP contribution is 2.35. The molecule has 1 atom stereocenters. The molecule has 0 N–H and O–H groups in total. The number of nitrogens with zero attached hydrogens (tertiary/aromatic N) is 1. The standard InChI is InChI=1S/C13H19NO2S/c1-13(2,3)16-12(15)14-8-4-6-10(14)11-7-5-9-17-11/h5,7,9-10H,4,6,8H2,1-3H3. The second kappa shape index (κ2) is 4.69. The summed E-state index contributed by atoms with van der Waals surface area (Å²) in [5.41, 5.74) is -0.417. The molecule has 0 saturated carbocycles. The molecule has 1 amide bonds. The van der Waals surface area contributed by atoms with E-state index in [2.05, 4.69) is 11.4 Å². The monoisotopic (exact) mass is 253 g/mol. The largest absolute Gasteiger partial charge is 0.444 e. The van der Waals surface area contributed by atoms with Crippen LogP contribution in [0.15, 0.2) is 17.5 Å². The molecule has 17 heavy (non-hydrogen) atoms. The highest BCUT2D eigenvalue weighted by Gasteiger charge is 2.33. The number of carbonyl (C=O) groups excluding carboxylic acids is 1. The van der Waals surface area contributed by atoms with Gasteiger partial charge >= 0.3 is 6.09 Å². The van der Waals surface area contributed by atoms with Crippen LogP contribution in [-0.2, 0) is 4.74 Å². The van der Waals surface area contributed by atoms with Gasteiger partial charge in [-0.3, -0.25) is 0 Å². The molecule has 3 nitrogen and oxygen atoms in total. The van der Waals surface area contributed by atoms with Gasteiger partial charge in [0.25, 0.3) is 0 Å². The Kier molecular flexibility index (Phi) is 3.43. The maximum Gasteiger partial charge on any atom is 0.410 e. The molecule has 0 bridgehead atoms. The van der Waals surface area contributed by atoms with Crippen LogP contribution >= 0.6 is 11.3 Å². The second-order valence-corrected chi connectivity index (χ2v) is 6.33. The van der Waals surface area contributed by atoms with Crippen LogP contribution in [0.4, 0.5) is 4.79 Å². The van der Waals surface area contributed by atoms with Gasteiger partial charge in [-0.2, -0.15) is 0 Å². The zero-order valence-corrected chi connectivity index (χ0v) is 11.4. The minimum absolute atomic E-state index is 0.187. The van der Waals surface area contributed by atoms with Crippen molar-refractivity contribution in [2.75, 3.05) is 6.54 Å². The van der Waals surface area contributed by atoms with E-state index in [-0.39, 0.29) is 12.1 Å². The van der Waals surface area contributed by atoms with E-state index in [1.165, 1.54) is 4.88 Å². The molecule has 4 heteroatoms. The Balaban J connectivity index is 2.07. The van der Waals surface area contributed by atoms with Crippen LogP contribution in [-0.4, -0.2) is 23.1 Å². The van der Waals surface area contributed by atoms with Crippen molar-refractivity contribution in [3.05, 3.63) is 22.4 Å². The minimum atomic E-state index is -0.417. The van der Waals surface area contributed by atoms with Gasteiger partial charge in [0.1, 0.15) is 5.60 Å². The normalized spacial score (nSPS) is 20.6. The Bertz CT molecular complexity index is 381. The third kappa shape index (κ3) is 3.00. The number of thiophene rings is 1. The van der Waals surface area contributed by atoms with Gasteiger partial charge < -0.3 is 9.64 Å². The van der Waals surface area contributed by atoms with Gasteiger partial charge in [0.05, 0.1) is 6.04 Å². The van der Waals surface area contributed by atoms with Crippen molar-refractivity contribution >= 4 is 17.4 Å². The fourth-order valence-corrected chi connectivity index (χ4v) is 2.96. The van der Waals surface area contributed by atoms with Gasteiger partial charge in [-0.25, -0.2) is 4.79 Å². The first-order valence-electron chi connectivity index (χ1n) is 6.00. The number of likely N-dealkylation sites (tertiary alicyclic amines) is 1. The number of hydrogen-bond acceptors (Lipinski definition) is 3. The van der Waals surface area contributed by atoms with Crippen LogP contribution in [0.2, 0.25) is 0 Å². The molecule has 2 rings (SSSR count). The lowest BCUT2D eigenvalue weighted by Gasteiger charge is -2.28. The smallest absolute Gasteiger partial charge is 0.410 e. The molecule has 1 aromatic rings. The Morgan fingerprint density at radius 1 is 1.53 bits per heavy atom. The summed E-state index contributed by atoms with van der Waals surface area (Å²) in [5.74, 6) is 0. The molecule has 1 saturated heterocycles. The molecule has 1 aliphatic heterocycles. The van der Waals surface area contributed by atoms with Crippen LogP contribution in [0.3, 0.4) is 0 Å². The van der Waals surface area contributed by atoms with Crippen LogP contribution in [0, 0.1) is 0 Å². The summed E-state index contributed by atoms with van der Waals surface area (Å²) in [6, 6.07) is 4.34. The Morgan fingerprint density at radius 3 is 2.88 bits per heavy atom. The van der Waals surface area contributed by atoms with Crippen molar-refractivity contribution < 1.29 is 9.53 Å². The Labute approximate surface area is 106 Å². The predicted molar refractivity (Wildman–Crippen MR) is 69.2 cm³/mol. The molecule has 1 fully saturated rings. The predicted octanol–water partition coefficient (Wildman–Crippen LogP) is 3.82. The summed E-state index contributed by atoms with van der Waals surface area (Å²) in [5, 5.41) is 2.06. The van der Waals surface area contributed by atoms with E-state index in [9.17, 15) is 4.79 Å². The van der Waals surface area contributed by atoms with Crippen LogP contribution in [0.1, 0.15) is 44.5 Å². The summed E-state index contributed by atoms with van der Waals surface area (Å²) in [7, 11) is 0. The third-order valence-corrected chi connectivity index (χ3v) is 3.73. The molecule has 0 aliphatic carbocycles. The van der Waals surface area contributed by atoms with Crippen LogP contribution in [0.25, 0.3) is 0 Å². The average molecular weight is 253 g/mol. The average Bonchev–Trinajstić information content (AvgIpc) is 2.85. The Hall–Kier alpha value is -1.03. The lowest BCUT2D eigenvalue weighted by atomic mass is 10.2. The van der Waals surface area contributed by atoms with E-state index in [1.54, 1.807) is 11.3 Å². The summed E-state index contributed by atoms with van der Waals surface area (Å²) in [4.78, 5) is 15.2. The number of amides is 1. The van der Waals surface area contributed by atoms with Crippen molar-refractivity contribution in [2.24, 2.45) is 0 Å². The van der Waals surface area contributed by atoms with Crippen molar-refractivity contribution in [1.82, 2.24) is 4.90 Å². The minimum Gasteiger partial charge on any atom is -0.444 e. The Morgan fingerprint density at radius 2 is 2.29 bits per heavy atom. The fraction of sp³-hybridized carbons (Fsp3) is 0.615. The van der Waals surface area contributed by atoms with E-state index < -0.39 is 5.60 Å². The van der Waals surface area contributed by atoms with E-state index in [0.717, 1.165) is 19.4 Å². The van der Waals surface area contributed by atoms with E-state index in [0.29, 0.717) is 0 Å². The first-order valence-corrected chi connectivity index (χ1v) is 6.88. The van der Waals surface area contributed by atoms with Gasteiger partial charge in [-0.15, -0.1) is 11.3 Å². The molecule has 0 aromatic carbocycles. The lowest BCUT2D eigenvalue weighted by Crippen LogP contribution is -2.36. The van der Waals surface area contributed by atoms with Crippen LogP contribution < -0.4 is 0 Å². The topological polar surface area (TPSA) is 29.5 Å². The number of hydrogen-bond donors (Lipinski definition) is 0. The molecule has 2 heterocycles. The molecule has 1 aromatic heterocycles. The van der Waals surface area contributed by atoms with Gasteiger partial charge in [0.2, 0.25) is 0 Å². The number of ether oxygens (including phenoxy) is 1. The van der Waals surface area contributed by atoms with E-state index >= 15 is 0 Å². The molecule has 1 unspecified atom stereocenters. The SMILES string of the molecule is CC(C)(C)OC(=O)N1CCCC1c1cccs1. The summed E-state index contributed by atoms with van der Waals surface area (Å²) < 4.78 is 5.44. The van der Waals surface area contributed by atoms with Crippen molar-refractivity contribution in [3.63, 3.8) is 0 Å². The van der Waals surface area contributed by atoms with Gasteiger partial charge in [-0.1, -0.05) is 6.07 Å². The van der Waals surface area contributed by atoms with Crippen LogP contribution in [0.5, 0.6) is 0 Å². The van der Waals surface area contributed by atoms with Gasteiger partial charge in [0.15, 0.2) is 0 Å². The van der Waals surface area contributed by atoms with Crippen molar-refractivity contribution in [2.45, 2.75) is 45.3 Å². The van der Waals surface area contributed by atoms with Gasteiger partial charge in [0, 0.05) is 11.4 Å². The fourth-order valence-electron chi connectivity index (χ4n) is 2.08. The zero-order chi connectivity index (χ0) is 12.5. The molecular weight excluding hydrogens is 234 g/mol. The first kappa shape index (κ1) is 12.4. The highest BCUT2D eigenvalue weighted by molar-refractivity contribution is 7.10. The number of carbonyl (C=O) groups is 1. The second-order valence-electron chi connectivity index (χ2n) is 5.35. The zero-order valence-electron chi connectivity index (χ0n) is 10.6. The highest BCUT2D eigenvalue weighted by atomic mass is 32.1.